The van der Waals surface area contributed by atoms with E-state index in [1.165, 1.54) is 17.3 Å². The van der Waals surface area contributed by atoms with Gasteiger partial charge >= 0.3 is 0 Å². The molecule has 4 nitrogen and oxygen atoms in total. The molecule has 0 bridgehead atoms. The highest BCUT2D eigenvalue weighted by atomic mass is 32.2. The topological polar surface area (TPSA) is 65.9 Å². The van der Waals surface area contributed by atoms with Crippen molar-refractivity contribution in [1.29, 1.82) is 5.41 Å². The van der Waals surface area contributed by atoms with E-state index in [9.17, 15) is 4.79 Å². The second kappa shape index (κ2) is 7.04. The minimum Gasteiger partial charge on any atom is -0.497 e. The molecule has 3 rings (SSSR count). The zero-order valence-electron chi connectivity index (χ0n) is 13.1. The van der Waals surface area contributed by atoms with E-state index in [0.717, 1.165) is 47.8 Å². The zero-order valence-corrected chi connectivity index (χ0v) is 14.0. The normalized spacial score (nSPS) is 13.4. The van der Waals surface area contributed by atoms with Crippen LogP contribution in [0.4, 0.5) is 0 Å². The number of thioether (sulfide) groups is 1. The molecule has 0 atom stereocenters. The maximum Gasteiger partial charge on any atom is 0.257 e. The number of fused-ring (bicyclic) bond motifs is 1. The van der Waals surface area contributed by atoms with E-state index < -0.39 is 0 Å². The monoisotopic (exact) mass is 328 g/mol. The van der Waals surface area contributed by atoms with Crippen LogP contribution in [0.3, 0.4) is 0 Å². The lowest BCUT2D eigenvalue weighted by molar-refractivity contribution is 0.414. The van der Waals surface area contributed by atoms with Crippen molar-refractivity contribution >= 4 is 18.0 Å². The summed E-state index contributed by atoms with van der Waals surface area (Å²) < 4.78 is 5.17. The number of hydrogen-bond acceptors (Lipinski definition) is 4. The van der Waals surface area contributed by atoms with Crippen molar-refractivity contribution in [2.24, 2.45) is 0 Å². The van der Waals surface area contributed by atoms with Gasteiger partial charge in [0.1, 0.15) is 5.75 Å². The third-order valence-corrected chi connectivity index (χ3v) is 5.34. The van der Waals surface area contributed by atoms with Crippen LogP contribution in [0.5, 0.6) is 5.75 Å². The molecule has 2 N–H and O–H groups in total. The molecule has 0 amide bonds. The number of H-pyrrole nitrogens is 1. The first-order valence-electron chi connectivity index (χ1n) is 7.77. The molecule has 5 heteroatoms. The van der Waals surface area contributed by atoms with E-state index in [2.05, 4.69) is 4.98 Å². The number of methoxy groups -OCH3 is 1. The maximum absolute atomic E-state index is 12.2. The predicted molar refractivity (Wildman–Crippen MR) is 94.1 cm³/mol. The molecular weight excluding hydrogens is 308 g/mol. The molecule has 120 valence electrons. The van der Waals surface area contributed by atoms with Crippen LogP contribution in [-0.2, 0) is 18.6 Å². The fourth-order valence-electron chi connectivity index (χ4n) is 2.99. The van der Waals surface area contributed by atoms with E-state index in [1.807, 2.05) is 24.3 Å². The Kier molecular flexibility index (Phi) is 4.86. The Bertz CT molecular complexity index is 766. The fraction of sp³-hybridized carbons (Fsp3) is 0.333. The van der Waals surface area contributed by atoms with Crippen molar-refractivity contribution in [3.8, 4) is 5.75 Å². The average molecular weight is 328 g/mol. The molecule has 0 saturated heterocycles. The van der Waals surface area contributed by atoms with Gasteiger partial charge in [0.05, 0.1) is 17.7 Å². The molecule has 2 aromatic rings. The summed E-state index contributed by atoms with van der Waals surface area (Å²) in [5.74, 6) is 1.65. The lowest BCUT2D eigenvalue weighted by Crippen LogP contribution is -2.21. The number of hydrogen-bond donors (Lipinski definition) is 2. The van der Waals surface area contributed by atoms with Gasteiger partial charge in [-0.05, 0) is 54.5 Å². The molecule has 0 spiro atoms. The van der Waals surface area contributed by atoms with Gasteiger partial charge in [0, 0.05) is 12.0 Å². The van der Waals surface area contributed by atoms with Crippen molar-refractivity contribution in [3.05, 3.63) is 56.9 Å². The summed E-state index contributed by atoms with van der Waals surface area (Å²) in [5.41, 5.74) is 3.89. The number of aromatic nitrogens is 1. The molecule has 1 heterocycles. The third-order valence-electron chi connectivity index (χ3n) is 4.23. The molecule has 1 aliphatic rings. The number of benzene rings is 1. The maximum atomic E-state index is 12.2. The summed E-state index contributed by atoms with van der Waals surface area (Å²) in [6.45, 7) is 0. The number of ether oxygens (including phenoxy) is 1. The predicted octanol–water partition coefficient (Wildman–Crippen LogP) is 3.55. The average Bonchev–Trinajstić information content (AvgIpc) is 2.60. The van der Waals surface area contributed by atoms with Crippen molar-refractivity contribution < 1.29 is 4.74 Å². The van der Waals surface area contributed by atoms with Crippen LogP contribution < -0.4 is 10.3 Å². The van der Waals surface area contributed by atoms with Gasteiger partial charge in [0.15, 0.2) is 0 Å². The highest BCUT2D eigenvalue weighted by Crippen LogP contribution is 2.31. The summed E-state index contributed by atoms with van der Waals surface area (Å²) in [6, 6.07) is 7.99. The lowest BCUT2D eigenvalue weighted by atomic mass is 9.90. The number of aromatic amines is 1. The first kappa shape index (κ1) is 15.9. The van der Waals surface area contributed by atoms with Crippen molar-refractivity contribution in [2.45, 2.75) is 36.5 Å². The Labute approximate surface area is 139 Å². The van der Waals surface area contributed by atoms with Crippen LogP contribution >= 0.6 is 11.8 Å². The van der Waals surface area contributed by atoms with Crippen LogP contribution in [0.2, 0.25) is 0 Å². The van der Waals surface area contributed by atoms with Crippen LogP contribution in [0.15, 0.2) is 34.1 Å². The van der Waals surface area contributed by atoms with Gasteiger partial charge in [-0.25, -0.2) is 0 Å². The molecule has 0 fully saturated rings. The van der Waals surface area contributed by atoms with Crippen LogP contribution in [0.1, 0.15) is 35.1 Å². The van der Waals surface area contributed by atoms with Crippen LogP contribution in [-0.4, -0.2) is 18.3 Å². The molecule has 0 aliphatic heterocycles. The molecular formula is C18H20N2O2S. The number of nitrogens with one attached hydrogen (secondary N) is 2. The zero-order chi connectivity index (χ0) is 16.2. The summed E-state index contributed by atoms with van der Waals surface area (Å²) in [7, 11) is 1.66. The Morgan fingerprint density at radius 1 is 1.22 bits per heavy atom. The Balaban J connectivity index is 1.86. The highest BCUT2D eigenvalue weighted by Gasteiger charge is 2.19. The second-order valence-corrected chi connectivity index (χ2v) is 6.63. The molecule has 1 aliphatic carbocycles. The fourth-order valence-corrected chi connectivity index (χ4v) is 4.06. The van der Waals surface area contributed by atoms with Crippen molar-refractivity contribution in [2.75, 3.05) is 7.11 Å². The summed E-state index contributed by atoms with van der Waals surface area (Å²) >= 11 is 1.66. The molecule has 0 radical (unpaired) electrons. The Morgan fingerprint density at radius 2 is 1.91 bits per heavy atom. The highest BCUT2D eigenvalue weighted by molar-refractivity contribution is 7.98. The molecule has 0 unspecified atom stereocenters. The van der Waals surface area contributed by atoms with Crippen molar-refractivity contribution in [1.82, 2.24) is 4.98 Å². The largest absolute Gasteiger partial charge is 0.497 e. The third kappa shape index (κ3) is 3.34. The van der Waals surface area contributed by atoms with Gasteiger partial charge in [0.25, 0.3) is 5.56 Å². The summed E-state index contributed by atoms with van der Waals surface area (Å²) in [4.78, 5) is 15.2. The lowest BCUT2D eigenvalue weighted by Gasteiger charge is -2.20. The quantitative estimate of drug-likeness (QED) is 0.651. The number of rotatable bonds is 5. The van der Waals surface area contributed by atoms with E-state index >= 15 is 0 Å². The summed E-state index contributed by atoms with van der Waals surface area (Å²) in [6.07, 6.45) is 5.32. The van der Waals surface area contributed by atoms with Crippen molar-refractivity contribution in [3.63, 3.8) is 0 Å². The number of pyridine rings is 1. The van der Waals surface area contributed by atoms with E-state index in [4.69, 9.17) is 10.1 Å². The van der Waals surface area contributed by atoms with Gasteiger partial charge < -0.3 is 15.1 Å². The Morgan fingerprint density at radius 3 is 2.57 bits per heavy atom. The SMILES string of the molecule is COc1ccc(CSc2[nH]c(=O)c(C=N)c3c2CCCC3)cc1. The molecule has 1 aromatic carbocycles. The molecule has 1 aromatic heterocycles. The van der Waals surface area contributed by atoms with Gasteiger partial charge in [0.2, 0.25) is 0 Å². The van der Waals surface area contributed by atoms with Gasteiger partial charge in [-0.1, -0.05) is 12.1 Å². The minimum absolute atomic E-state index is 0.141. The summed E-state index contributed by atoms with van der Waals surface area (Å²) in [5, 5.41) is 8.47. The van der Waals surface area contributed by atoms with Gasteiger partial charge in [-0.2, -0.15) is 0 Å². The van der Waals surface area contributed by atoms with Gasteiger partial charge in [-0.15, -0.1) is 11.8 Å². The first-order valence-corrected chi connectivity index (χ1v) is 8.75. The molecule has 23 heavy (non-hydrogen) atoms. The smallest absolute Gasteiger partial charge is 0.257 e. The second-order valence-electron chi connectivity index (χ2n) is 5.64. The first-order chi connectivity index (χ1) is 11.2. The minimum atomic E-state index is -0.141. The van der Waals surface area contributed by atoms with E-state index in [-0.39, 0.29) is 5.56 Å². The Hall–Kier alpha value is -2.01. The van der Waals surface area contributed by atoms with E-state index in [1.54, 1.807) is 18.9 Å². The van der Waals surface area contributed by atoms with Gasteiger partial charge in [-0.3, -0.25) is 4.79 Å². The van der Waals surface area contributed by atoms with Crippen LogP contribution in [0, 0.1) is 5.41 Å². The molecule has 0 saturated carbocycles. The van der Waals surface area contributed by atoms with E-state index in [0.29, 0.717) is 5.56 Å². The standard InChI is InChI=1S/C18H20N2O2S/c1-22-13-8-6-12(7-9-13)11-23-18-15-5-3-2-4-14(15)16(10-19)17(21)20-18/h6-10,19H,2-5,11H2,1H3,(H,20,21). The van der Waals surface area contributed by atoms with Crippen LogP contribution in [0.25, 0.3) is 0 Å².